The third-order valence-electron chi connectivity index (χ3n) is 4.36. The van der Waals surface area contributed by atoms with Crippen LogP contribution in [0.25, 0.3) is 0 Å². The van der Waals surface area contributed by atoms with Gasteiger partial charge in [0.1, 0.15) is 11.5 Å². The molecule has 2 aromatic heterocycles. The molecule has 3 heterocycles. The lowest BCUT2D eigenvalue weighted by molar-refractivity contribution is -0.136. The Morgan fingerprint density at radius 2 is 2.21 bits per heavy atom. The molecule has 24 heavy (non-hydrogen) atoms. The van der Waals surface area contributed by atoms with Gasteiger partial charge in [-0.25, -0.2) is 0 Å². The largest absolute Gasteiger partial charge is 0.464 e. The minimum absolute atomic E-state index is 0.0341. The summed E-state index contributed by atoms with van der Waals surface area (Å²) >= 11 is 1.45. The van der Waals surface area contributed by atoms with Gasteiger partial charge >= 0.3 is 0 Å². The van der Waals surface area contributed by atoms with Crippen molar-refractivity contribution in [3.05, 3.63) is 46.0 Å². The molecule has 1 fully saturated rings. The normalized spacial score (nSPS) is 17.8. The lowest BCUT2D eigenvalue weighted by atomic mass is 9.96. The van der Waals surface area contributed by atoms with Crippen molar-refractivity contribution in [3.8, 4) is 0 Å². The number of nitrogens with zero attached hydrogens (tertiary/aromatic N) is 2. The van der Waals surface area contributed by atoms with Crippen LogP contribution in [0, 0.1) is 12.8 Å². The SMILES string of the molecule is Cc1ccc(CN(C)C(=O)C2CCCN(C(=O)c3cccs3)C2)o1. The van der Waals surface area contributed by atoms with Crippen molar-refractivity contribution in [2.24, 2.45) is 5.92 Å². The Labute approximate surface area is 145 Å². The van der Waals surface area contributed by atoms with Crippen LogP contribution in [0.15, 0.2) is 34.1 Å². The summed E-state index contributed by atoms with van der Waals surface area (Å²) in [4.78, 5) is 29.4. The second kappa shape index (κ2) is 7.21. The monoisotopic (exact) mass is 346 g/mol. The predicted molar refractivity (Wildman–Crippen MR) is 92.9 cm³/mol. The number of hydrogen-bond donors (Lipinski definition) is 0. The van der Waals surface area contributed by atoms with Crippen LogP contribution in [0.5, 0.6) is 0 Å². The minimum Gasteiger partial charge on any atom is -0.464 e. The molecule has 0 radical (unpaired) electrons. The van der Waals surface area contributed by atoms with Crippen molar-refractivity contribution in [2.75, 3.05) is 20.1 Å². The van der Waals surface area contributed by atoms with Crippen LogP contribution in [0.3, 0.4) is 0 Å². The number of likely N-dealkylation sites (tertiary alicyclic amines) is 1. The average Bonchev–Trinajstić information content (AvgIpc) is 3.25. The van der Waals surface area contributed by atoms with Gasteiger partial charge in [0.2, 0.25) is 5.91 Å². The van der Waals surface area contributed by atoms with E-state index in [1.807, 2.05) is 41.5 Å². The number of piperidine rings is 1. The average molecular weight is 346 g/mol. The molecule has 0 aliphatic carbocycles. The molecule has 6 heteroatoms. The summed E-state index contributed by atoms with van der Waals surface area (Å²) in [6, 6.07) is 7.51. The van der Waals surface area contributed by atoms with E-state index in [2.05, 4.69) is 0 Å². The Bertz CT molecular complexity index is 708. The van der Waals surface area contributed by atoms with Gasteiger partial charge in [-0.2, -0.15) is 0 Å². The predicted octanol–water partition coefficient (Wildman–Crippen LogP) is 3.16. The molecule has 0 aromatic carbocycles. The molecule has 0 bridgehead atoms. The van der Waals surface area contributed by atoms with Crippen molar-refractivity contribution in [1.82, 2.24) is 9.80 Å². The molecular formula is C18H22N2O3S. The Kier molecular flexibility index (Phi) is 5.04. The van der Waals surface area contributed by atoms with Crippen LogP contribution in [-0.4, -0.2) is 41.8 Å². The summed E-state index contributed by atoms with van der Waals surface area (Å²) < 4.78 is 5.54. The molecule has 128 valence electrons. The van der Waals surface area contributed by atoms with Crippen molar-refractivity contribution >= 4 is 23.2 Å². The van der Waals surface area contributed by atoms with Crippen molar-refractivity contribution in [2.45, 2.75) is 26.3 Å². The smallest absolute Gasteiger partial charge is 0.263 e. The Balaban J connectivity index is 1.61. The van der Waals surface area contributed by atoms with Crippen LogP contribution in [0.2, 0.25) is 0 Å². The van der Waals surface area contributed by atoms with Gasteiger partial charge in [-0.15, -0.1) is 11.3 Å². The van der Waals surface area contributed by atoms with Gasteiger partial charge in [-0.05, 0) is 43.3 Å². The molecular weight excluding hydrogens is 324 g/mol. The fourth-order valence-electron chi connectivity index (χ4n) is 3.11. The maximum atomic E-state index is 12.7. The van der Waals surface area contributed by atoms with E-state index < -0.39 is 0 Å². The Morgan fingerprint density at radius 1 is 1.38 bits per heavy atom. The van der Waals surface area contributed by atoms with Gasteiger partial charge in [0, 0.05) is 20.1 Å². The van der Waals surface area contributed by atoms with Crippen LogP contribution in [-0.2, 0) is 11.3 Å². The summed E-state index contributed by atoms with van der Waals surface area (Å²) in [5, 5.41) is 1.90. The molecule has 0 spiro atoms. The number of aryl methyl sites for hydroxylation is 1. The summed E-state index contributed by atoms with van der Waals surface area (Å²) in [6.07, 6.45) is 1.69. The van der Waals surface area contributed by atoms with E-state index in [1.54, 1.807) is 11.9 Å². The van der Waals surface area contributed by atoms with Gasteiger partial charge < -0.3 is 14.2 Å². The Hall–Kier alpha value is -2.08. The molecule has 1 aliphatic heterocycles. The summed E-state index contributed by atoms with van der Waals surface area (Å²) in [6.45, 7) is 3.57. The fraction of sp³-hybridized carbons (Fsp3) is 0.444. The van der Waals surface area contributed by atoms with Gasteiger partial charge in [-0.1, -0.05) is 6.07 Å². The highest BCUT2D eigenvalue weighted by Crippen LogP contribution is 2.22. The van der Waals surface area contributed by atoms with Gasteiger partial charge in [0.05, 0.1) is 17.3 Å². The van der Waals surface area contributed by atoms with Crippen LogP contribution in [0.4, 0.5) is 0 Å². The summed E-state index contributed by atoms with van der Waals surface area (Å²) in [7, 11) is 1.79. The second-order valence-corrected chi connectivity index (χ2v) is 7.22. The van der Waals surface area contributed by atoms with E-state index in [0.717, 1.165) is 35.8 Å². The topological polar surface area (TPSA) is 53.8 Å². The van der Waals surface area contributed by atoms with Crippen LogP contribution in [0.1, 0.15) is 34.0 Å². The number of amides is 2. The zero-order valence-electron chi connectivity index (χ0n) is 14.0. The van der Waals surface area contributed by atoms with E-state index in [0.29, 0.717) is 13.1 Å². The molecule has 0 N–H and O–H groups in total. The maximum Gasteiger partial charge on any atom is 0.263 e. The zero-order chi connectivity index (χ0) is 17.1. The summed E-state index contributed by atoms with van der Waals surface area (Å²) in [5.41, 5.74) is 0. The summed E-state index contributed by atoms with van der Waals surface area (Å²) in [5.74, 6) is 1.60. The van der Waals surface area contributed by atoms with E-state index in [4.69, 9.17) is 4.42 Å². The number of carbonyl (C=O) groups is 2. The quantitative estimate of drug-likeness (QED) is 0.854. The first-order chi connectivity index (χ1) is 11.5. The maximum absolute atomic E-state index is 12.7. The van der Waals surface area contributed by atoms with Crippen molar-refractivity contribution < 1.29 is 14.0 Å². The van der Waals surface area contributed by atoms with E-state index >= 15 is 0 Å². The molecule has 1 atom stereocenters. The van der Waals surface area contributed by atoms with Crippen molar-refractivity contribution in [1.29, 1.82) is 0 Å². The highest BCUT2D eigenvalue weighted by atomic mass is 32.1. The third kappa shape index (κ3) is 3.70. The minimum atomic E-state index is -0.135. The molecule has 1 aliphatic rings. The highest BCUT2D eigenvalue weighted by Gasteiger charge is 2.31. The standard InChI is InChI=1S/C18H22N2O3S/c1-13-7-8-15(23-13)12-19(2)17(21)14-5-3-9-20(11-14)18(22)16-6-4-10-24-16/h4,6-8,10,14H,3,5,9,11-12H2,1-2H3. The number of furan rings is 1. The van der Waals surface area contributed by atoms with Gasteiger partial charge in [-0.3, -0.25) is 9.59 Å². The Morgan fingerprint density at radius 3 is 2.88 bits per heavy atom. The molecule has 1 saturated heterocycles. The van der Waals surface area contributed by atoms with Crippen LogP contribution < -0.4 is 0 Å². The van der Waals surface area contributed by atoms with Gasteiger partial charge in [0.15, 0.2) is 0 Å². The fourth-order valence-corrected chi connectivity index (χ4v) is 3.80. The molecule has 2 amide bonds. The number of hydrogen-bond acceptors (Lipinski definition) is 4. The van der Waals surface area contributed by atoms with Crippen molar-refractivity contribution in [3.63, 3.8) is 0 Å². The third-order valence-corrected chi connectivity index (χ3v) is 5.21. The number of carbonyl (C=O) groups excluding carboxylic acids is 2. The first-order valence-electron chi connectivity index (χ1n) is 8.17. The van der Waals surface area contributed by atoms with E-state index in [1.165, 1.54) is 11.3 Å². The highest BCUT2D eigenvalue weighted by molar-refractivity contribution is 7.12. The lowest BCUT2D eigenvalue weighted by Crippen LogP contribution is -2.45. The van der Waals surface area contributed by atoms with E-state index in [-0.39, 0.29) is 17.7 Å². The first kappa shape index (κ1) is 16.8. The molecule has 0 saturated carbocycles. The molecule has 3 rings (SSSR count). The molecule has 5 nitrogen and oxygen atoms in total. The second-order valence-electron chi connectivity index (χ2n) is 6.27. The molecule has 1 unspecified atom stereocenters. The van der Waals surface area contributed by atoms with Gasteiger partial charge in [0.25, 0.3) is 5.91 Å². The first-order valence-corrected chi connectivity index (χ1v) is 9.05. The number of thiophene rings is 1. The van der Waals surface area contributed by atoms with E-state index in [9.17, 15) is 9.59 Å². The van der Waals surface area contributed by atoms with Crippen LogP contribution >= 0.6 is 11.3 Å². The zero-order valence-corrected chi connectivity index (χ0v) is 14.8. The lowest BCUT2D eigenvalue weighted by Gasteiger charge is -2.33. The number of rotatable bonds is 4. The molecule has 2 aromatic rings.